The van der Waals surface area contributed by atoms with E-state index in [4.69, 9.17) is 10.5 Å². The quantitative estimate of drug-likeness (QED) is 0.870. The molecule has 1 aromatic carbocycles. The first kappa shape index (κ1) is 11.7. The lowest BCUT2D eigenvalue weighted by Crippen LogP contribution is -2.14. The summed E-state index contributed by atoms with van der Waals surface area (Å²) in [6.07, 6.45) is 2.68. The number of nitrogens with two attached hydrogens (primary N) is 1. The summed E-state index contributed by atoms with van der Waals surface area (Å²) in [5, 5.41) is 4.31. The lowest BCUT2D eigenvalue weighted by molar-refractivity contribution is 0.414. The van der Waals surface area contributed by atoms with Crippen LogP contribution < -0.4 is 10.5 Å². The summed E-state index contributed by atoms with van der Waals surface area (Å²) in [6.45, 7) is 0. The van der Waals surface area contributed by atoms with Gasteiger partial charge in [0, 0.05) is 13.2 Å². The fourth-order valence-corrected chi connectivity index (χ4v) is 1.75. The molecule has 0 fully saturated rings. The van der Waals surface area contributed by atoms with Gasteiger partial charge in [0.05, 0.1) is 18.8 Å². The van der Waals surface area contributed by atoms with Crippen LogP contribution in [-0.4, -0.2) is 16.9 Å². The Bertz CT molecular complexity index is 476. The molecule has 17 heavy (non-hydrogen) atoms. The van der Waals surface area contributed by atoms with E-state index in [9.17, 15) is 0 Å². The maximum absolute atomic E-state index is 6.10. The van der Waals surface area contributed by atoms with Crippen LogP contribution in [0.5, 0.6) is 5.75 Å². The van der Waals surface area contributed by atoms with Gasteiger partial charge in [-0.15, -0.1) is 0 Å². The lowest BCUT2D eigenvalue weighted by Gasteiger charge is -2.09. The van der Waals surface area contributed by atoms with Crippen LogP contribution in [0.2, 0.25) is 0 Å². The van der Waals surface area contributed by atoms with Gasteiger partial charge in [0.15, 0.2) is 0 Å². The molecule has 90 valence electrons. The molecule has 0 bridgehead atoms. The summed E-state index contributed by atoms with van der Waals surface area (Å²) in [7, 11) is 3.55. The minimum Gasteiger partial charge on any atom is -0.497 e. The topological polar surface area (TPSA) is 53.1 Å². The second-order valence-corrected chi connectivity index (χ2v) is 4.07. The van der Waals surface area contributed by atoms with Gasteiger partial charge in [0.2, 0.25) is 0 Å². The number of hydrogen-bond donors (Lipinski definition) is 1. The second-order valence-electron chi connectivity index (χ2n) is 4.07. The number of benzene rings is 1. The number of rotatable bonds is 4. The monoisotopic (exact) mass is 231 g/mol. The Morgan fingerprint density at radius 3 is 2.53 bits per heavy atom. The molecule has 2 aromatic rings. The first-order valence-corrected chi connectivity index (χ1v) is 5.57. The zero-order valence-corrected chi connectivity index (χ0v) is 10.1. The smallest absolute Gasteiger partial charge is 0.118 e. The molecule has 0 amide bonds. The highest BCUT2D eigenvalue weighted by atomic mass is 16.5. The molecule has 0 radical (unpaired) electrons. The molecule has 0 spiro atoms. The molecular formula is C13H17N3O. The van der Waals surface area contributed by atoms with Crippen LogP contribution in [0.25, 0.3) is 0 Å². The number of methoxy groups -OCH3 is 1. The summed E-state index contributed by atoms with van der Waals surface area (Å²) in [6, 6.07) is 9.84. The zero-order valence-electron chi connectivity index (χ0n) is 10.1. The largest absolute Gasteiger partial charge is 0.497 e. The predicted molar refractivity (Wildman–Crippen MR) is 66.8 cm³/mol. The minimum absolute atomic E-state index is 0.0652. The minimum atomic E-state index is -0.0652. The lowest BCUT2D eigenvalue weighted by atomic mass is 10.0. The normalized spacial score (nSPS) is 12.4. The molecule has 4 heteroatoms. The van der Waals surface area contributed by atoms with Gasteiger partial charge in [0.25, 0.3) is 0 Å². The molecule has 0 saturated carbocycles. The predicted octanol–water partition coefficient (Wildman–Crippen LogP) is 1.67. The molecule has 2 rings (SSSR count). The fourth-order valence-electron chi connectivity index (χ4n) is 1.75. The highest BCUT2D eigenvalue weighted by Gasteiger charge is 2.09. The first-order valence-electron chi connectivity index (χ1n) is 5.57. The first-order chi connectivity index (χ1) is 8.19. The fraction of sp³-hybridized carbons (Fsp3) is 0.308. The van der Waals surface area contributed by atoms with Crippen LogP contribution in [0.4, 0.5) is 0 Å². The highest BCUT2D eigenvalue weighted by Crippen LogP contribution is 2.17. The van der Waals surface area contributed by atoms with Gasteiger partial charge in [-0.2, -0.15) is 5.10 Å². The van der Waals surface area contributed by atoms with Gasteiger partial charge in [-0.25, -0.2) is 0 Å². The van der Waals surface area contributed by atoms with Gasteiger partial charge in [-0.1, -0.05) is 12.1 Å². The maximum Gasteiger partial charge on any atom is 0.118 e. The van der Waals surface area contributed by atoms with Crippen molar-refractivity contribution in [3.05, 3.63) is 47.8 Å². The number of ether oxygens (including phenoxy) is 1. The van der Waals surface area contributed by atoms with Crippen molar-refractivity contribution in [3.8, 4) is 5.75 Å². The van der Waals surface area contributed by atoms with Gasteiger partial charge in [-0.3, -0.25) is 4.68 Å². The van der Waals surface area contributed by atoms with Crippen LogP contribution in [0, 0.1) is 0 Å². The van der Waals surface area contributed by atoms with Gasteiger partial charge < -0.3 is 10.5 Å². The summed E-state index contributed by atoms with van der Waals surface area (Å²) >= 11 is 0. The molecule has 1 unspecified atom stereocenters. The number of hydrogen-bond acceptors (Lipinski definition) is 3. The van der Waals surface area contributed by atoms with Gasteiger partial charge >= 0.3 is 0 Å². The van der Waals surface area contributed by atoms with E-state index in [-0.39, 0.29) is 6.04 Å². The third-order valence-corrected chi connectivity index (χ3v) is 2.73. The zero-order chi connectivity index (χ0) is 12.3. The van der Waals surface area contributed by atoms with Crippen LogP contribution in [-0.2, 0) is 13.5 Å². The molecule has 2 N–H and O–H groups in total. The van der Waals surface area contributed by atoms with Crippen molar-refractivity contribution in [2.75, 3.05) is 7.11 Å². The van der Waals surface area contributed by atoms with Crippen molar-refractivity contribution in [3.63, 3.8) is 0 Å². The Kier molecular flexibility index (Phi) is 3.44. The average Bonchev–Trinajstić information content (AvgIpc) is 2.77. The summed E-state index contributed by atoms with van der Waals surface area (Å²) in [5.41, 5.74) is 8.21. The molecule has 1 aromatic heterocycles. The van der Waals surface area contributed by atoms with E-state index in [0.29, 0.717) is 0 Å². The maximum atomic E-state index is 6.10. The van der Waals surface area contributed by atoms with Crippen LogP contribution in [0.1, 0.15) is 17.3 Å². The van der Waals surface area contributed by atoms with E-state index < -0.39 is 0 Å². The Labute approximate surface area is 101 Å². The second kappa shape index (κ2) is 5.01. The van der Waals surface area contributed by atoms with E-state index in [1.807, 2.05) is 43.6 Å². The Morgan fingerprint density at radius 1 is 1.29 bits per heavy atom. The van der Waals surface area contributed by atoms with E-state index in [0.717, 1.165) is 17.9 Å². The third kappa shape index (κ3) is 2.85. The van der Waals surface area contributed by atoms with Crippen molar-refractivity contribution in [1.29, 1.82) is 0 Å². The molecule has 0 aliphatic heterocycles. The molecule has 0 saturated heterocycles. The standard InChI is InChI=1S/C13H17N3O/c1-16-8-7-13(15-16)12(14)9-10-3-5-11(17-2)6-4-10/h3-8,12H,9,14H2,1-2H3. The Balaban J connectivity index is 2.04. The number of aromatic nitrogens is 2. The number of nitrogens with zero attached hydrogens (tertiary/aromatic N) is 2. The average molecular weight is 231 g/mol. The highest BCUT2D eigenvalue weighted by molar-refractivity contribution is 5.28. The summed E-state index contributed by atoms with van der Waals surface area (Å²) < 4.78 is 6.88. The molecule has 1 atom stereocenters. The van der Waals surface area contributed by atoms with E-state index in [1.54, 1.807) is 11.8 Å². The molecule has 4 nitrogen and oxygen atoms in total. The number of aryl methyl sites for hydroxylation is 1. The molecule has 0 aliphatic rings. The third-order valence-electron chi connectivity index (χ3n) is 2.73. The van der Waals surface area contributed by atoms with Crippen LogP contribution >= 0.6 is 0 Å². The Hall–Kier alpha value is -1.81. The summed E-state index contributed by atoms with van der Waals surface area (Å²) in [4.78, 5) is 0. The van der Waals surface area contributed by atoms with Crippen molar-refractivity contribution < 1.29 is 4.74 Å². The van der Waals surface area contributed by atoms with Gasteiger partial charge in [0.1, 0.15) is 5.75 Å². The van der Waals surface area contributed by atoms with Crippen LogP contribution in [0.3, 0.4) is 0 Å². The molecule has 1 heterocycles. The van der Waals surface area contributed by atoms with Crippen molar-refractivity contribution in [2.45, 2.75) is 12.5 Å². The Morgan fingerprint density at radius 2 is 2.00 bits per heavy atom. The SMILES string of the molecule is COc1ccc(CC(N)c2ccn(C)n2)cc1. The van der Waals surface area contributed by atoms with Crippen molar-refractivity contribution in [1.82, 2.24) is 9.78 Å². The van der Waals surface area contributed by atoms with Crippen molar-refractivity contribution >= 4 is 0 Å². The molecule has 0 aliphatic carbocycles. The van der Waals surface area contributed by atoms with Gasteiger partial charge in [-0.05, 0) is 30.2 Å². The molecular weight excluding hydrogens is 214 g/mol. The van der Waals surface area contributed by atoms with Crippen molar-refractivity contribution in [2.24, 2.45) is 12.8 Å². The van der Waals surface area contributed by atoms with Crippen LogP contribution in [0.15, 0.2) is 36.5 Å². The van der Waals surface area contributed by atoms with E-state index in [2.05, 4.69) is 5.10 Å². The van der Waals surface area contributed by atoms with E-state index in [1.165, 1.54) is 5.56 Å². The van der Waals surface area contributed by atoms with E-state index >= 15 is 0 Å². The summed E-state index contributed by atoms with van der Waals surface area (Å²) in [5.74, 6) is 0.861.